The van der Waals surface area contributed by atoms with Crippen molar-refractivity contribution in [3.63, 3.8) is 0 Å². The van der Waals surface area contributed by atoms with Gasteiger partial charge in [0.15, 0.2) is 0 Å². The minimum atomic E-state index is -4.03. The van der Waals surface area contributed by atoms with Crippen LogP contribution in [0.4, 0.5) is 0 Å². The van der Waals surface area contributed by atoms with Crippen molar-refractivity contribution in [2.24, 2.45) is 0 Å². The van der Waals surface area contributed by atoms with Crippen molar-refractivity contribution in [1.82, 2.24) is 0 Å². The molecule has 0 aromatic heterocycles. The second kappa shape index (κ2) is 7.07. The van der Waals surface area contributed by atoms with Crippen molar-refractivity contribution in [3.05, 3.63) is 23.8 Å². The molecule has 0 saturated carbocycles. The fraction of sp³-hybridized carbons (Fsp3) is 0.750. The molecule has 21 heavy (non-hydrogen) atoms. The highest BCUT2D eigenvalue weighted by Gasteiger charge is 2.53. The molecule has 2 aliphatic rings. The Labute approximate surface area is 128 Å². The zero-order valence-electron chi connectivity index (χ0n) is 12.8. The van der Waals surface area contributed by atoms with Gasteiger partial charge in [-0.25, -0.2) is 0 Å². The highest BCUT2D eigenvalue weighted by atomic mass is 32.2. The van der Waals surface area contributed by atoms with Gasteiger partial charge in [-0.15, -0.1) is 0 Å². The molecule has 5 heteroatoms. The molecule has 1 N–H and O–H groups in total. The van der Waals surface area contributed by atoms with Crippen LogP contribution in [0.15, 0.2) is 23.8 Å². The van der Waals surface area contributed by atoms with E-state index in [4.69, 9.17) is 4.74 Å². The number of ether oxygens (including phenoxy) is 1. The summed E-state index contributed by atoms with van der Waals surface area (Å²) in [5.41, 5.74) is 0.429. The SMILES string of the molecule is CCCCCCCCC1=CCC2(C=C1)OCC2S(=O)(=O)O. The Morgan fingerprint density at radius 2 is 2.00 bits per heavy atom. The van der Waals surface area contributed by atoms with Crippen molar-refractivity contribution in [3.8, 4) is 0 Å². The zero-order chi connectivity index (χ0) is 15.3. The lowest BCUT2D eigenvalue weighted by atomic mass is 9.84. The van der Waals surface area contributed by atoms with Gasteiger partial charge in [0, 0.05) is 6.42 Å². The van der Waals surface area contributed by atoms with Crippen LogP contribution in [0.5, 0.6) is 0 Å². The van der Waals surface area contributed by atoms with E-state index in [9.17, 15) is 13.0 Å². The molecule has 1 saturated heterocycles. The van der Waals surface area contributed by atoms with Gasteiger partial charge >= 0.3 is 0 Å². The quantitative estimate of drug-likeness (QED) is 0.548. The number of allylic oxidation sites excluding steroid dienone is 2. The Balaban J connectivity index is 1.75. The normalized spacial score (nSPS) is 28.5. The second-order valence-electron chi connectivity index (χ2n) is 6.10. The molecule has 1 spiro atoms. The number of unbranched alkanes of at least 4 members (excludes halogenated alkanes) is 5. The maximum Gasteiger partial charge on any atom is 0.273 e. The van der Waals surface area contributed by atoms with Gasteiger partial charge in [0.1, 0.15) is 10.9 Å². The minimum absolute atomic E-state index is 0.0871. The topological polar surface area (TPSA) is 63.6 Å². The van der Waals surface area contributed by atoms with E-state index in [-0.39, 0.29) is 6.61 Å². The molecule has 1 aliphatic carbocycles. The molecule has 0 amide bonds. The first kappa shape index (κ1) is 16.7. The summed E-state index contributed by atoms with van der Waals surface area (Å²) in [6.07, 6.45) is 15.0. The van der Waals surface area contributed by atoms with Crippen LogP contribution in [0.25, 0.3) is 0 Å². The van der Waals surface area contributed by atoms with Crippen molar-refractivity contribution in [1.29, 1.82) is 0 Å². The smallest absolute Gasteiger partial charge is 0.273 e. The van der Waals surface area contributed by atoms with Crippen LogP contribution < -0.4 is 0 Å². The average Bonchev–Trinajstić information content (AvgIpc) is 2.40. The van der Waals surface area contributed by atoms with Gasteiger partial charge in [-0.05, 0) is 12.8 Å². The lowest BCUT2D eigenvalue weighted by Crippen LogP contribution is -2.60. The van der Waals surface area contributed by atoms with Gasteiger partial charge < -0.3 is 4.74 Å². The van der Waals surface area contributed by atoms with Crippen molar-refractivity contribution >= 4 is 10.1 Å². The maximum atomic E-state index is 11.3. The second-order valence-corrected chi connectivity index (χ2v) is 7.70. The zero-order valence-corrected chi connectivity index (χ0v) is 13.6. The van der Waals surface area contributed by atoms with Crippen molar-refractivity contribution < 1.29 is 17.7 Å². The van der Waals surface area contributed by atoms with Crippen LogP contribution in [0.3, 0.4) is 0 Å². The first-order chi connectivity index (χ1) is 9.98. The third-order valence-electron chi connectivity index (χ3n) is 4.49. The molecule has 1 aliphatic heterocycles. The van der Waals surface area contributed by atoms with Crippen LogP contribution in [0.1, 0.15) is 58.3 Å². The fourth-order valence-electron chi connectivity index (χ4n) is 3.02. The molecule has 2 unspecified atom stereocenters. The molecular weight excluding hydrogens is 288 g/mol. The maximum absolute atomic E-state index is 11.3. The van der Waals surface area contributed by atoms with E-state index in [1.165, 1.54) is 44.1 Å². The largest absolute Gasteiger partial charge is 0.367 e. The third kappa shape index (κ3) is 4.18. The van der Waals surface area contributed by atoms with Crippen LogP contribution in [-0.2, 0) is 14.9 Å². The summed E-state index contributed by atoms with van der Waals surface area (Å²) in [6.45, 7) is 2.31. The molecule has 1 heterocycles. The van der Waals surface area contributed by atoms with E-state index in [1.54, 1.807) is 0 Å². The summed E-state index contributed by atoms with van der Waals surface area (Å²) in [4.78, 5) is 0. The molecule has 120 valence electrons. The highest BCUT2D eigenvalue weighted by molar-refractivity contribution is 7.86. The van der Waals surface area contributed by atoms with E-state index < -0.39 is 21.0 Å². The molecule has 0 bridgehead atoms. The third-order valence-corrected chi connectivity index (χ3v) is 5.74. The lowest BCUT2D eigenvalue weighted by molar-refractivity contribution is -0.106. The monoisotopic (exact) mass is 314 g/mol. The van der Waals surface area contributed by atoms with E-state index in [2.05, 4.69) is 13.0 Å². The van der Waals surface area contributed by atoms with Crippen LogP contribution in [0.2, 0.25) is 0 Å². The number of rotatable bonds is 8. The summed E-state index contributed by atoms with van der Waals surface area (Å²) in [5, 5.41) is -0.812. The number of hydrogen-bond acceptors (Lipinski definition) is 3. The van der Waals surface area contributed by atoms with E-state index in [1.807, 2.05) is 12.2 Å². The minimum Gasteiger partial charge on any atom is -0.367 e. The molecule has 2 rings (SSSR count). The van der Waals surface area contributed by atoms with Gasteiger partial charge in [0.2, 0.25) is 0 Å². The molecule has 4 nitrogen and oxygen atoms in total. The first-order valence-electron chi connectivity index (χ1n) is 7.96. The Bertz CT molecular complexity index is 506. The lowest BCUT2D eigenvalue weighted by Gasteiger charge is -2.46. The molecule has 2 atom stereocenters. The fourth-order valence-corrected chi connectivity index (χ4v) is 4.01. The van der Waals surface area contributed by atoms with Crippen molar-refractivity contribution in [2.75, 3.05) is 6.61 Å². The van der Waals surface area contributed by atoms with E-state index in [0.717, 1.165) is 6.42 Å². The predicted molar refractivity (Wildman–Crippen MR) is 83.9 cm³/mol. The standard InChI is InChI=1S/C16H26O4S/c1-2-3-4-5-6-7-8-14-9-11-16(12-10-14)15(13-20-16)21(17,18)19/h9-11,15H,2-8,12-13H2,1H3,(H,17,18,19). The summed E-state index contributed by atoms with van der Waals surface area (Å²) in [6, 6.07) is 0. The van der Waals surface area contributed by atoms with Gasteiger partial charge in [0.05, 0.1) is 6.61 Å². The molecule has 0 aromatic carbocycles. The summed E-state index contributed by atoms with van der Waals surface area (Å²) in [7, 11) is -4.03. The molecule has 0 radical (unpaired) electrons. The van der Waals surface area contributed by atoms with Gasteiger partial charge in [-0.2, -0.15) is 8.42 Å². The van der Waals surface area contributed by atoms with Crippen LogP contribution in [-0.4, -0.2) is 30.4 Å². The highest BCUT2D eigenvalue weighted by Crippen LogP contribution is 2.40. The Hall–Kier alpha value is -0.650. The summed E-state index contributed by atoms with van der Waals surface area (Å²) < 4.78 is 37.2. The van der Waals surface area contributed by atoms with Crippen LogP contribution in [0, 0.1) is 0 Å². The van der Waals surface area contributed by atoms with E-state index in [0.29, 0.717) is 6.42 Å². The van der Waals surface area contributed by atoms with Gasteiger partial charge in [-0.3, -0.25) is 4.55 Å². The molecule has 0 aromatic rings. The average molecular weight is 314 g/mol. The molecule has 1 fully saturated rings. The molecular formula is C16H26O4S. The predicted octanol–water partition coefficient (Wildman–Crippen LogP) is 3.65. The first-order valence-corrected chi connectivity index (χ1v) is 9.47. The van der Waals surface area contributed by atoms with Crippen molar-refractivity contribution in [2.45, 2.75) is 69.1 Å². The van der Waals surface area contributed by atoms with Gasteiger partial charge in [-0.1, -0.05) is 62.8 Å². The Morgan fingerprint density at radius 1 is 1.29 bits per heavy atom. The number of hydrogen-bond donors (Lipinski definition) is 1. The summed E-state index contributed by atoms with van der Waals surface area (Å²) in [5.74, 6) is 0. The van der Waals surface area contributed by atoms with Crippen LogP contribution >= 0.6 is 0 Å². The summed E-state index contributed by atoms with van der Waals surface area (Å²) >= 11 is 0. The Kier molecular flexibility index (Phi) is 5.63. The van der Waals surface area contributed by atoms with Gasteiger partial charge in [0.25, 0.3) is 10.1 Å². The van der Waals surface area contributed by atoms with E-state index >= 15 is 0 Å². The Morgan fingerprint density at radius 3 is 2.52 bits per heavy atom.